The van der Waals surface area contributed by atoms with Crippen molar-refractivity contribution in [3.63, 3.8) is 0 Å². The van der Waals surface area contributed by atoms with Crippen LogP contribution in [0.4, 0.5) is 0 Å². The van der Waals surface area contributed by atoms with Crippen molar-refractivity contribution >= 4 is 12.0 Å². The highest BCUT2D eigenvalue weighted by molar-refractivity contribution is 5.87. The molecule has 0 bridgehead atoms. The standard InChI is InChI=1S/C29H48O5/c1-2-3-4-5-6-7-8-9-10-11-12-13-14-15-16-17-18-19-22-34-28(32)21-20-25-23-26(30)29(33)27(31)24-25/h20-21,23-24,30-31,33H,2-19,22H2,1H3/b21-20+. The molecule has 3 N–H and O–H groups in total. The molecule has 0 radical (unpaired) electrons. The maximum Gasteiger partial charge on any atom is 0.330 e. The molecule has 0 aliphatic rings. The number of unbranched alkanes of at least 4 members (excludes halogenated alkanes) is 17. The van der Waals surface area contributed by atoms with Gasteiger partial charge in [0.1, 0.15) is 0 Å². The Bertz CT molecular complexity index is 660. The van der Waals surface area contributed by atoms with Crippen LogP contribution in [-0.2, 0) is 9.53 Å². The molecule has 5 nitrogen and oxygen atoms in total. The van der Waals surface area contributed by atoms with Crippen molar-refractivity contribution in [3.8, 4) is 17.2 Å². The van der Waals surface area contributed by atoms with Gasteiger partial charge in [0, 0.05) is 6.08 Å². The fourth-order valence-corrected chi connectivity index (χ4v) is 4.11. The maximum absolute atomic E-state index is 11.8. The van der Waals surface area contributed by atoms with Gasteiger partial charge in [0.05, 0.1) is 6.61 Å². The molecule has 0 heterocycles. The summed E-state index contributed by atoms with van der Waals surface area (Å²) in [6.45, 7) is 2.67. The molecule has 0 fully saturated rings. The molecule has 34 heavy (non-hydrogen) atoms. The summed E-state index contributed by atoms with van der Waals surface area (Å²) in [6, 6.07) is 2.52. The number of esters is 1. The van der Waals surface area contributed by atoms with Crippen molar-refractivity contribution in [2.45, 2.75) is 122 Å². The Hall–Kier alpha value is -2.17. The predicted molar refractivity (Wildman–Crippen MR) is 140 cm³/mol. The van der Waals surface area contributed by atoms with E-state index in [0.29, 0.717) is 12.2 Å². The molecule has 0 aromatic heterocycles. The molecule has 0 aliphatic heterocycles. The van der Waals surface area contributed by atoms with Gasteiger partial charge >= 0.3 is 5.97 Å². The monoisotopic (exact) mass is 476 g/mol. The lowest BCUT2D eigenvalue weighted by molar-refractivity contribution is -0.137. The zero-order valence-electron chi connectivity index (χ0n) is 21.4. The van der Waals surface area contributed by atoms with Gasteiger partial charge in [0.25, 0.3) is 0 Å². The second-order valence-corrected chi connectivity index (χ2v) is 9.42. The number of phenols is 3. The average Bonchev–Trinajstić information content (AvgIpc) is 2.82. The lowest BCUT2D eigenvalue weighted by Gasteiger charge is -2.04. The number of benzene rings is 1. The lowest BCUT2D eigenvalue weighted by Crippen LogP contribution is -2.02. The molecule has 0 amide bonds. The molecule has 0 aliphatic carbocycles. The molecule has 0 spiro atoms. The number of ether oxygens (including phenoxy) is 1. The van der Waals surface area contributed by atoms with E-state index in [2.05, 4.69) is 6.92 Å². The number of carbonyl (C=O) groups excluding carboxylic acids is 1. The molecule has 194 valence electrons. The van der Waals surface area contributed by atoms with E-state index in [9.17, 15) is 20.1 Å². The van der Waals surface area contributed by atoms with Crippen LogP contribution < -0.4 is 0 Å². The third-order valence-electron chi connectivity index (χ3n) is 6.25. The minimum Gasteiger partial charge on any atom is -0.504 e. The van der Waals surface area contributed by atoms with Crippen LogP contribution in [0.5, 0.6) is 17.2 Å². The summed E-state index contributed by atoms with van der Waals surface area (Å²) in [7, 11) is 0. The molecule has 0 saturated carbocycles. The molecule has 1 aromatic rings. The Morgan fingerprint density at radius 2 is 1.06 bits per heavy atom. The topological polar surface area (TPSA) is 87.0 Å². The van der Waals surface area contributed by atoms with Crippen LogP contribution in [0.3, 0.4) is 0 Å². The van der Waals surface area contributed by atoms with Gasteiger partial charge in [-0.2, -0.15) is 0 Å². The van der Waals surface area contributed by atoms with Crippen LogP contribution in [-0.4, -0.2) is 27.9 Å². The van der Waals surface area contributed by atoms with Crippen molar-refractivity contribution in [2.75, 3.05) is 6.61 Å². The van der Waals surface area contributed by atoms with Gasteiger partial charge < -0.3 is 20.1 Å². The molecule has 0 unspecified atom stereocenters. The second kappa shape index (κ2) is 20.2. The van der Waals surface area contributed by atoms with Gasteiger partial charge in [0.2, 0.25) is 0 Å². The van der Waals surface area contributed by atoms with Crippen LogP contribution in [0, 0.1) is 0 Å². The lowest BCUT2D eigenvalue weighted by atomic mass is 10.0. The van der Waals surface area contributed by atoms with Gasteiger partial charge in [-0.3, -0.25) is 0 Å². The van der Waals surface area contributed by atoms with Crippen LogP contribution >= 0.6 is 0 Å². The molecule has 1 rings (SSSR count). The molecular formula is C29H48O5. The van der Waals surface area contributed by atoms with Gasteiger partial charge in [-0.05, 0) is 30.2 Å². The van der Waals surface area contributed by atoms with Crippen LogP contribution in [0.1, 0.15) is 128 Å². The Kier molecular flexibility index (Phi) is 17.8. The minimum atomic E-state index is -0.575. The zero-order valence-corrected chi connectivity index (χ0v) is 21.4. The highest BCUT2D eigenvalue weighted by Crippen LogP contribution is 2.35. The first-order valence-electron chi connectivity index (χ1n) is 13.6. The number of rotatable bonds is 21. The number of phenolic OH excluding ortho intramolecular Hbond substituents is 3. The Morgan fingerprint density at radius 3 is 1.47 bits per heavy atom. The first-order valence-corrected chi connectivity index (χ1v) is 13.6. The van der Waals surface area contributed by atoms with Crippen molar-refractivity contribution in [1.29, 1.82) is 0 Å². The van der Waals surface area contributed by atoms with E-state index in [0.717, 1.165) is 12.8 Å². The third kappa shape index (κ3) is 15.6. The molecule has 5 heteroatoms. The van der Waals surface area contributed by atoms with E-state index >= 15 is 0 Å². The molecular weight excluding hydrogens is 428 g/mol. The van der Waals surface area contributed by atoms with Crippen LogP contribution in [0.25, 0.3) is 6.08 Å². The summed E-state index contributed by atoms with van der Waals surface area (Å²) in [5.74, 6) is -1.91. The smallest absolute Gasteiger partial charge is 0.330 e. The zero-order chi connectivity index (χ0) is 24.9. The molecule has 0 saturated heterocycles. The van der Waals surface area contributed by atoms with Crippen molar-refractivity contribution in [3.05, 3.63) is 23.8 Å². The quantitative estimate of drug-likeness (QED) is 0.0717. The Labute approximate surface area is 207 Å². The highest BCUT2D eigenvalue weighted by Gasteiger charge is 2.07. The van der Waals surface area contributed by atoms with Crippen molar-refractivity contribution in [1.82, 2.24) is 0 Å². The number of hydrogen-bond donors (Lipinski definition) is 3. The normalized spacial score (nSPS) is 11.3. The van der Waals surface area contributed by atoms with Crippen molar-refractivity contribution in [2.24, 2.45) is 0 Å². The van der Waals surface area contributed by atoms with E-state index in [1.54, 1.807) is 0 Å². The largest absolute Gasteiger partial charge is 0.504 e. The first kappa shape index (κ1) is 29.9. The fraction of sp³-hybridized carbons (Fsp3) is 0.690. The van der Waals surface area contributed by atoms with E-state index in [1.807, 2.05) is 0 Å². The summed E-state index contributed by atoms with van der Waals surface area (Å²) >= 11 is 0. The second-order valence-electron chi connectivity index (χ2n) is 9.42. The van der Waals surface area contributed by atoms with E-state index < -0.39 is 23.2 Å². The number of hydrogen-bond acceptors (Lipinski definition) is 5. The Balaban J connectivity index is 1.86. The van der Waals surface area contributed by atoms with Gasteiger partial charge in [-0.1, -0.05) is 116 Å². The first-order chi connectivity index (χ1) is 16.5. The summed E-state index contributed by atoms with van der Waals surface area (Å²) < 4.78 is 5.18. The number of aromatic hydroxyl groups is 3. The average molecular weight is 477 g/mol. The number of carbonyl (C=O) groups is 1. The minimum absolute atomic E-state index is 0.397. The molecule has 0 atom stereocenters. The van der Waals surface area contributed by atoms with E-state index in [1.165, 1.54) is 127 Å². The van der Waals surface area contributed by atoms with E-state index in [-0.39, 0.29) is 0 Å². The fourth-order valence-electron chi connectivity index (χ4n) is 4.11. The van der Waals surface area contributed by atoms with Crippen LogP contribution in [0.15, 0.2) is 18.2 Å². The SMILES string of the molecule is CCCCCCCCCCCCCCCCCCCCOC(=O)/C=C/c1cc(O)c(O)c(O)c1. The van der Waals surface area contributed by atoms with Gasteiger partial charge in [0.15, 0.2) is 17.2 Å². The Morgan fingerprint density at radius 1 is 0.676 bits per heavy atom. The van der Waals surface area contributed by atoms with Crippen molar-refractivity contribution < 1.29 is 24.9 Å². The van der Waals surface area contributed by atoms with E-state index in [4.69, 9.17) is 4.74 Å². The summed E-state index contributed by atoms with van der Waals surface area (Å²) in [5.41, 5.74) is 0.401. The summed E-state index contributed by atoms with van der Waals surface area (Å²) in [6.07, 6.45) is 26.5. The summed E-state index contributed by atoms with van der Waals surface area (Å²) in [4.78, 5) is 11.8. The van der Waals surface area contributed by atoms with Crippen LogP contribution in [0.2, 0.25) is 0 Å². The third-order valence-corrected chi connectivity index (χ3v) is 6.25. The highest BCUT2D eigenvalue weighted by atomic mass is 16.5. The van der Waals surface area contributed by atoms with Gasteiger partial charge in [-0.15, -0.1) is 0 Å². The summed E-state index contributed by atoms with van der Waals surface area (Å²) in [5, 5.41) is 28.2. The molecule has 1 aromatic carbocycles. The van der Waals surface area contributed by atoms with Gasteiger partial charge in [-0.25, -0.2) is 4.79 Å². The predicted octanol–water partition coefficient (Wildman–Crippen LogP) is 8.40. The maximum atomic E-state index is 11.8.